The average Bonchev–Trinajstić information content (AvgIpc) is 2.39. The number of benzene rings is 2. The quantitative estimate of drug-likeness (QED) is 0.735. The number of carbonyl (C=O) groups is 1. The minimum Gasteiger partial charge on any atom is -0.506 e. The van der Waals surface area contributed by atoms with Crippen molar-refractivity contribution in [3.8, 4) is 5.75 Å². The monoisotopic (exact) mass is 337 g/mol. The Morgan fingerprint density at radius 1 is 1.09 bits per heavy atom. The second-order valence-electron chi connectivity index (χ2n) is 6.03. The lowest BCUT2D eigenvalue weighted by Gasteiger charge is -2.20. The van der Waals surface area contributed by atoms with Gasteiger partial charge in [0.2, 0.25) is 0 Å². The number of hydrogen-bond donors (Lipinski definition) is 2. The van der Waals surface area contributed by atoms with Gasteiger partial charge < -0.3 is 10.4 Å². The van der Waals surface area contributed by atoms with Gasteiger partial charge in [0.25, 0.3) is 5.91 Å². The minimum atomic E-state index is -0.461. The van der Waals surface area contributed by atoms with Crippen molar-refractivity contribution in [2.24, 2.45) is 0 Å². The molecule has 5 heteroatoms. The summed E-state index contributed by atoms with van der Waals surface area (Å²) in [5, 5.41) is 13.1. The Hall–Kier alpha value is -1.71. The summed E-state index contributed by atoms with van der Waals surface area (Å²) in [5.41, 5.74) is 1.40. The Morgan fingerprint density at radius 2 is 1.68 bits per heavy atom. The molecule has 2 rings (SSSR count). The van der Waals surface area contributed by atoms with Gasteiger partial charge in [0, 0.05) is 0 Å². The second kappa shape index (κ2) is 6.19. The lowest BCUT2D eigenvalue weighted by Crippen LogP contribution is -2.15. The second-order valence-corrected chi connectivity index (χ2v) is 6.85. The van der Waals surface area contributed by atoms with E-state index >= 15 is 0 Å². The van der Waals surface area contributed by atoms with E-state index in [0.29, 0.717) is 5.69 Å². The molecule has 0 aliphatic carbocycles. The molecule has 0 heterocycles. The van der Waals surface area contributed by atoms with Crippen LogP contribution >= 0.6 is 23.2 Å². The first-order valence-electron chi connectivity index (χ1n) is 6.79. The molecule has 3 nitrogen and oxygen atoms in total. The number of halogens is 2. The summed E-state index contributed by atoms with van der Waals surface area (Å²) in [7, 11) is 0. The van der Waals surface area contributed by atoms with Crippen LogP contribution in [-0.4, -0.2) is 11.0 Å². The predicted octanol–water partition coefficient (Wildman–Crippen LogP) is 5.25. The Balaban J connectivity index is 2.37. The average molecular weight is 338 g/mol. The summed E-state index contributed by atoms with van der Waals surface area (Å²) in [6.07, 6.45) is 0. The first-order valence-corrected chi connectivity index (χ1v) is 7.54. The molecule has 0 bridgehead atoms. The lowest BCUT2D eigenvalue weighted by atomic mass is 9.87. The van der Waals surface area contributed by atoms with Crippen LogP contribution in [0.15, 0.2) is 36.4 Å². The van der Waals surface area contributed by atoms with Crippen molar-refractivity contribution in [3.63, 3.8) is 0 Å². The van der Waals surface area contributed by atoms with E-state index in [1.807, 2.05) is 6.07 Å². The number of aromatic hydroxyl groups is 1. The SMILES string of the molecule is CC(C)(C)c1ccc(O)c(NC(=O)c2c(Cl)cccc2Cl)c1. The van der Waals surface area contributed by atoms with Crippen molar-refractivity contribution in [2.45, 2.75) is 26.2 Å². The van der Waals surface area contributed by atoms with E-state index in [2.05, 4.69) is 26.1 Å². The van der Waals surface area contributed by atoms with Crippen LogP contribution in [0.2, 0.25) is 10.0 Å². The normalized spacial score (nSPS) is 11.3. The van der Waals surface area contributed by atoms with Gasteiger partial charge in [0.1, 0.15) is 5.75 Å². The first-order chi connectivity index (χ1) is 10.2. The standard InChI is InChI=1S/C17H17Cl2NO2/c1-17(2,3)10-7-8-14(21)13(9-10)20-16(22)15-11(18)5-4-6-12(15)19/h4-9,21H,1-3H3,(H,20,22). The molecule has 0 atom stereocenters. The van der Waals surface area contributed by atoms with Crippen LogP contribution in [0.25, 0.3) is 0 Å². The van der Waals surface area contributed by atoms with Crippen molar-refractivity contribution in [1.82, 2.24) is 0 Å². The van der Waals surface area contributed by atoms with Gasteiger partial charge in [-0.2, -0.15) is 0 Å². The van der Waals surface area contributed by atoms with Gasteiger partial charge in [-0.15, -0.1) is 0 Å². The molecule has 0 radical (unpaired) electrons. The van der Waals surface area contributed by atoms with E-state index in [1.165, 1.54) is 0 Å². The highest BCUT2D eigenvalue weighted by atomic mass is 35.5. The molecule has 116 valence electrons. The molecule has 2 N–H and O–H groups in total. The van der Waals surface area contributed by atoms with Crippen molar-refractivity contribution in [2.75, 3.05) is 5.32 Å². The molecule has 2 aromatic rings. The van der Waals surface area contributed by atoms with Gasteiger partial charge in [-0.25, -0.2) is 0 Å². The molecule has 0 fully saturated rings. The molecule has 0 unspecified atom stereocenters. The van der Waals surface area contributed by atoms with Gasteiger partial charge >= 0.3 is 0 Å². The minimum absolute atomic E-state index is 0.00970. The highest BCUT2D eigenvalue weighted by molar-refractivity contribution is 6.40. The summed E-state index contributed by atoms with van der Waals surface area (Å²) in [6.45, 7) is 6.15. The van der Waals surface area contributed by atoms with Crippen LogP contribution in [0, 0.1) is 0 Å². The molecule has 0 aliphatic heterocycles. The predicted molar refractivity (Wildman–Crippen MR) is 91.2 cm³/mol. The van der Waals surface area contributed by atoms with Crippen LogP contribution < -0.4 is 5.32 Å². The van der Waals surface area contributed by atoms with E-state index in [0.717, 1.165) is 5.56 Å². The van der Waals surface area contributed by atoms with Gasteiger partial charge in [-0.1, -0.05) is 56.1 Å². The van der Waals surface area contributed by atoms with Crippen molar-refractivity contribution in [1.29, 1.82) is 0 Å². The van der Waals surface area contributed by atoms with E-state index in [-0.39, 0.29) is 26.8 Å². The molecule has 0 aliphatic rings. The van der Waals surface area contributed by atoms with Gasteiger partial charge in [0.15, 0.2) is 0 Å². The number of carbonyl (C=O) groups excluding carboxylic acids is 1. The highest BCUT2D eigenvalue weighted by Crippen LogP contribution is 2.32. The molecular formula is C17H17Cl2NO2. The van der Waals surface area contributed by atoms with Crippen LogP contribution in [-0.2, 0) is 5.41 Å². The zero-order valence-electron chi connectivity index (χ0n) is 12.6. The summed E-state index contributed by atoms with van der Waals surface area (Å²) in [4.78, 5) is 12.4. The molecule has 22 heavy (non-hydrogen) atoms. The Bertz CT molecular complexity index is 701. The number of phenolic OH excluding ortho intramolecular Hbond substituents is 1. The molecule has 1 amide bonds. The van der Waals surface area contributed by atoms with Gasteiger partial charge in [0.05, 0.1) is 21.3 Å². The smallest absolute Gasteiger partial charge is 0.258 e. The third kappa shape index (κ3) is 3.54. The van der Waals surface area contributed by atoms with E-state index in [4.69, 9.17) is 23.2 Å². The third-order valence-corrected chi connectivity index (χ3v) is 3.93. The topological polar surface area (TPSA) is 49.3 Å². The van der Waals surface area contributed by atoms with Crippen molar-refractivity contribution < 1.29 is 9.90 Å². The fourth-order valence-electron chi connectivity index (χ4n) is 2.00. The largest absolute Gasteiger partial charge is 0.506 e. The zero-order chi connectivity index (χ0) is 16.5. The number of rotatable bonds is 2. The van der Waals surface area contributed by atoms with Crippen molar-refractivity contribution in [3.05, 3.63) is 57.6 Å². The molecule has 0 saturated carbocycles. The van der Waals surface area contributed by atoms with Crippen LogP contribution in [0.3, 0.4) is 0 Å². The Kier molecular flexibility index (Phi) is 4.69. The number of anilines is 1. The summed E-state index contributed by atoms with van der Waals surface area (Å²) in [6, 6.07) is 9.98. The summed E-state index contributed by atoms with van der Waals surface area (Å²) >= 11 is 12.1. The maximum Gasteiger partial charge on any atom is 0.258 e. The summed E-state index contributed by atoms with van der Waals surface area (Å²) < 4.78 is 0. The number of nitrogens with one attached hydrogen (secondary N) is 1. The molecule has 0 saturated heterocycles. The molecule has 2 aromatic carbocycles. The third-order valence-electron chi connectivity index (χ3n) is 3.30. The maximum atomic E-state index is 12.4. The molecular weight excluding hydrogens is 321 g/mol. The number of hydrogen-bond acceptors (Lipinski definition) is 2. The van der Waals surface area contributed by atoms with Crippen LogP contribution in [0.1, 0.15) is 36.7 Å². The first kappa shape index (κ1) is 16.7. The highest BCUT2D eigenvalue weighted by Gasteiger charge is 2.19. The molecule has 0 spiro atoms. The fraction of sp³-hybridized carbons (Fsp3) is 0.235. The van der Waals surface area contributed by atoms with Gasteiger partial charge in [-0.3, -0.25) is 4.79 Å². The van der Waals surface area contributed by atoms with Crippen LogP contribution in [0.4, 0.5) is 5.69 Å². The Morgan fingerprint density at radius 3 is 2.23 bits per heavy atom. The van der Waals surface area contributed by atoms with E-state index in [1.54, 1.807) is 30.3 Å². The maximum absolute atomic E-state index is 12.4. The van der Waals surface area contributed by atoms with E-state index in [9.17, 15) is 9.90 Å². The number of amides is 1. The number of phenols is 1. The summed E-state index contributed by atoms with van der Waals surface area (Å²) in [5.74, 6) is -0.471. The lowest BCUT2D eigenvalue weighted by molar-refractivity contribution is 0.102. The zero-order valence-corrected chi connectivity index (χ0v) is 14.1. The van der Waals surface area contributed by atoms with Crippen molar-refractivity contribution >= 4 is 34.8 Å². The van der Waals surface area contributed by atoms with Crippen LogP contribution in [0.5, 0.6) is 5.75 Å². The van der Waals surface area contributed by atoms with E-state index < -0.39 is 5.91 Å². The Labute approximate surface area is 139 Å². The molecule has 0 aromatic heterocycles. The fourth-order valence-corrected chi connectivity index (χ4v) is 2.57. The van der Waals surface area contributed by atoms with Gasteiger partial charge in [-0.05, 0) is 35.2 Å².